The van der Waals surface area contributed by atoms with Crippen molar-refractivity contribution < 1.29 is 17.9 Å². The second-order valence-electron chi connectivity index (χ2n) is 2.77. The van der Waals surface area contributed by atoms with Crippen LogP contribution in [0.5, 0.6) is 0 Å². The number of aliphatic hydroxyl groups excluding tert-OH is 1. The van der Waals surface area contributed by atoms with E-state index < -0.39 is 21.5 Å². The Morgan fingerprint density at radius 3 is 2.73 bits per heavy atom. The number of rotatable bonds is 4. The predicted molar refractivity (Wildman–Crippen MR) is 53.1 cm³/mol. The molecule has 1 aromatic rings. The maximum Gasteiger partial charge on any atom is 0.242 e. The van der Waals surface area contributed by atoms with Gasteiger partial charge in [-0.3, -0.25) is 0 Å². The van der Waals surface area contributed by atoms with Crippen molar-refractivity contribution in [3.63, 3.8) is 0 Å². The average molecular weight is 234 g/mol. The lowest BCUT2D eigenvalue weighted by atomic mass is 10.3. The molecule has 0 aliphatic rings. The molecule has 1 rings (SSSR count). The van der Waals surface area contributed by atoms with Crippen LogP contribution in [0.1, 0.15) is 0 Å². The Morgan fingerprint density at radius 2 is 2.13 bits per heavy atom. The van der Waals surface area contributed by atoms with Crippen molar-refractivity contribution in [2.24, 2.45) is 0 Å². The fourth-order valence-corrected chi connectivity index (χ4v) is 2.17. The van der Waals surface area contributed by atoms with Crippen LogP contribution in [-0.4, -0.2) is 26.7 Å². The van der Waals surface area contributed by atoms with Gasteiger partial charge in [-0.25, -0.2) is 17.5 Å². The molecule has 0 amide bonds. The number of anilines is 1. The van der Waals surface area contributed by atoms with E-state index in [0.717, 1.165) is 6.07 Å². The Kier molecular flexibility index (Phi) is 3.61. The number of nitrogen functional groups attached to an aromatic ring is 1. The minimum absolute atomic E-state index is 0.141. The van der Waals surface area contributed by atoms with Crippen molar-refractivity contribution >= 4 is 15.7 Å². The van der Waals surface area contributed by atoms with Gasteiger partial charge in [0.25, 0.3) is 0 Å². The van der Waals surface area contributed by atoms with Gasteiger partial charge in [-0.1, -0.05) is 6.07 Å². The van der Waals surface area contributed by atoms with Gasteiger partial charge in [0, 0.05) is 6.54 Å². The number of benzene rings is 1. The van der Waals surface area contributed by atoms with Gasteiger partial charge < -0.3 is 10.8 Å². The molecule has 0 saturated heterocycles. The Labute approximate surface area is 86.8 Å². The lowest BCUT2D eigenvalue weighted by Crippen LogP contribution is -2.27. The van der Waals surface area contributed by atoms with Crippen LogP contribution < -0.4 is 10.5 Å². The Morgan fingerprint density at radius 1 is 1.47 bits per heavy atom. The highest BCUT2D eigenvalue weighted by molar-refractivity contribution is 7.89. The quantitative estimate of drug-likeness (QED) is 0.622. The van der Waals surface area contributed by atoms with E-state index in [4.69, 9.17) is 10.8 Å². The van der Waals surface area contributed by atoms with Crippen LogP contribution in [0.2, 0.25) is 0 Å². The lowest BCUT2D eigenvalue weighted by Gasteiger charge is -2.08. The number of hydrogen-bond acceptors (Lipinski definition) is 4. The third kappa shape index (κ3) is 2.65. The van der Waals surface area contributed by atoms with Crippen LogP contribution in [-0.2, 0) is 10.0 Å². The minimum Gasteiger partial charge on any atom is -0.395 e. The molecule has 0 radical (unpaired) electrons. The van der Waals surface area contributed by atoms with Crippen molar-refractivity contribution in [2.75, 3.05) is 18.9 Å². The Balaban J connectivity index is 3.10. The summed E-state index contributed by atoms with van der Waals surface area (Å²) < 4.78 is 38.0. The molecule has 0 unspecified atom stereocenters. The number of sulfonamides is 1. The maximum absolute atomic E-state index is 13.0. The molecule has 0 saturated carbocycles. The van der Waals surface area contributed by atoms with Gasteiger partial charge in [-0.2, -0.15) is 0 Å². The summed E-state index contributed by atoms with van der Waals surface area (Å²) in [5.74, 6) is -0.790. The van der Waals surface area contributed by atoms with Gasteiger partial charge in [-0.05, 0) is 12.1 Å². The monoisotopic (exact) mass is 234 g/mol. The first kappa shape index (κ1) is 11.9. The van der Waals surface area contributed by atoms with E-state index in [1.807, 2.05) is 0 Å². The maximum atomic E-state index is 13.0. The highest BCUT2D eigenvalue weighted by atomic mass is 32.2. The molecular formula is C8H11FN2O3S. The summed E-state index contributed by atoms with van der Waals surface area (Å²) >= 11 is 0. The number of halogens is 1. The van der Waals surface area contributed by atoms with Crippen molar-refractivity contribution in [2.45, 2.75) is 4.90 Å². The highest BCUT2D eigenvalue weighted by Gasteiger charge is 2.18. The van der Waals surface area contributed by atoms with Gasteiger partial charge in [-0.15, -0.1) is 0 Å². The van der Waals surface area contributed by atoms with E-state index in [1.54, 1.807) is 0 Å². The van der Waals surface area contributed by atoms with E-state index in [2.05, 4.69) is 4.72 Å². The summed E-state index contributed by atoms with van der Waals surface area (Å²) in [7, 11) is -3.85. The predicted octanol–water partition coefficient (Wildman–Crippen LogP) is -0.322. The Hall–Kier alpha value is -1.18. The second-order valence-corrected chi connectivity index (χ2v) is 4.51. The molecule has 84 valence electrons. The number of para-hydroxylation sites is 1. The van der Waals surface area contributed by atoms with Crippen LogP contribution in [0.4, 0.5) is 10.1 Å². The SMILES string of the molecule is Nc1c(F)cccc1S(=O)(=O)NCCO. The fraction of sp³-hybridized carbons (Fsp3) is 0.250. The number of hydrogen-bond donors (Lipinski definition) is 3. The van der Waals surface area contributed by atoms with Crippen LogP contribution >= 0.6 is 0 Å². The molecule has 0 aliphatic carbocycles. The highest BCUT2D eigenvalue weighted by Crippen LogP contribution is 2.20. The topological polar surface area (TPSA) is 92.4 Å². The number of nitrogens with one attached hydrogen (secondary N) is 1. The van der Waals surface area contributed by atoms with Crippen molar-refractivity contribution in [3.8, 4) is 0 Å². The zero-order valence-electron chi connectivity index (χ0n) is 7.77. The molecule has 0 spiro atoms. The molecule has 0 bridgehead atoms. The van der Waals surface area contributed by atoms with E-state index in [-0.39, 0.29) is 18.0 Å². The van der Waals surface area contributed by atoms with Crippen LogP contribution in [0, 0.1) is 5.82 Å². The van der Waals surface area contributed by atoms with Gasteiger partial charge in [0.15, 0.2) is 0 Å². The normalized spacial score (nSPS) is 11.6. The van der Waals surface area contributed by atoms with Gasteiger partial charge in [0.05, 0.1) is 12.3 Å². The van der Waals surface area contributed by atoms with Crippen LogP contribution in [0.15, 0.2) is 23.1 Å². The van der Waals surface area contributed by atoms with Gasteiger partial charge in [0.1, 0.15) is 10.7 Å². The van der Waals surface area contributed by atoms with Crippen molar-refractivity contribution in [3.05, 3.63) is 24.0 Å². The summed E-state index contributed by atoms with van der Waals surface area (Å²) in [4.78, 5) is -0.323. The first-order chi connectivity index (χ1) is 6.99. The third-order valence-corrected chi connectivity index (χ3v) is 3.23. The van der Waals surface area contributed by atoms with E-state index >= 15 is 0 Å². The molecule has 1 aromatic carbocycles. The summed E-state index contributed by atoms with van der Waals surface area (Å²) in [6.45, 7) is -0.479. The summed E-state index contributed by atoms with van der Waals surface area (Å²) in [6.07, 6.45) is 0. The Bertz CT molecular complexity index is 447. The first-order valence-corrected chi connectivity index (χ1v) is 5.62. The standard InChI is InChI=1S/C8H11FN2O3S/c9-6-2-1-3-7(8(6)10)15(13,14)11-4-5-12/h1-3,11-12H,4-5,10H2. The largest absolute Gasteiger partial charge is 0.395 e. The molecule has 0 fully saturated rings. The second kappa shape index (κ2) is 4.56. The molecule has 5 nitrogen and oxygen atoms in total. The fourth-order valence-electron chi connectivity index (χ4n) is 1.01. The minimum atomic E-state index is -3.85. The average Bonchev–Trinajstić information content (AvgIpc) is 2.19. The smallest absolute Gasteiger partial charge is 0.242 e. The molecule has 7 heteroatoms. The van der Waals surface area contributed by atoms with E-state index in [1.165, 1.54) is 12.1 Å². The summed E-state index contributed by atoms with van der Waals surface area (Å²) in [5.41, 5.74) is 4.86. The molecule has 0 aromatic heterocycles. The molecular weight excluding hydrogens is 223 g/mol. The number of aliphatic hydroxyl groups is 1. The molecule has 0 atom stereocenters. The van der Waals surface area contributed by atoms with Gasteiger partial charge >= 0.3 is 0 Å². The van der Waals surface area contributed by atoms with E-state index in [0.29, 0.717) is 0 Å². The van der Waals surface area contributed by atoms with Gasteiger partial charge in [0.2, 0.25) is 10.0 Å². The lowest BCUT2D eigenvalue weighted by molar-refractivity contribution is 0.301. The van der Waals surface area contributed by atoms with Crippen LogP contribution in [0.25, 0.3) is 0 Å². The summed E-state index contributed by atoms with van der Waals surface area (Å²) in [5, 5.41) is 8.47. The molecule has 0 aliphatic heterocycles. The van der Waals surface area contributed by atoms with E-state index in [9.17, 15) is 12.8 Å². The third-order valence-electron chi connectivity index (χ3n) is 1.71. The van der Waals surface area contributed by atoms with Crippen LogP contribution in [0.3, 0.4) is 0 Å². The summed E-state index contributed by atoms with van der Waals surface area (Å²) in [6, 6.07) is 3.51. The zero-order valence-corrected chi connectivity index (χ0v) is 8.59. The molecule has 4 N–H and O–H groups in total. The molecule has 0 heterocycles. The first-order valence-electron chi connectivity index (χ1n) is 4.13. The van der Waals surface area contributed by atoms with Crippen molar-refractivity contribution in [1.82, 2.24) is 4.72 Å². The zero-order chi connectivity index (χ0) is 11.5. The molecule has 15 heavy (non-hydrogen) atoms. The van der Waals surface area contributed by atoms with Crippen molar-refractivity contribution in [1.29, 1.82) is 0 Å². The number of nitrogens with two attached hydrogens (primary N) is 1.